The molecule has 0 aromatic carbocycles. The molecule has 2 aromatic heterocycles. The number of nitrogens with zero attached hydrogens (tertiary/aromatic N) is 1. The van der Waals surface area contributed by atoms with Gasteiger partial charge < -0.3 is 5.32 Å². The number of nitrogens with one attached hydrogen (secondary N) is 1. The van der Waals surface area contributed by atoms with Crippen molar-refractivity contribution in [2.75, 3.05) is 5.32 Å². The van der Waals surface area contributed by atoms with Crippen LogP contribution in [0.1, 0.15) is 19.3 Å². The van der Waals surface area contributed by atoms with Gasteiger partial charge in [0.25, 0.3) is 0 Å². The molecule has 0 fully saturated rings. The molecule has 0 bridgehead atoms. The number of hydrogen-bond donors (Lipinski definition) is 1. The molecule has 3 rings (SSSR count). The highest BCUT2D eigenvalue weighted by atomic mass is 32.1. The molecule has 1 amide bonds. The smallest absolute Gasteiger partial charge is 0.229 e. The van der Waals surface area contributed by atoms with E-state index < -0.39 is 0 Å². The van der Waals surface area contributed by atoms with Crippen LogP contribution in [0.25, 0.3) is 10.6 Å². The van der Waals surface area contributed by atoms with Crippen molar-refractivity contribution in [1.29, 1.82) is 0 Å². The summed E-state index contributed by atoms with van der Waals surface area (Å²) in [5.41, 5.74) is 0.943. The molecule has 2 aromatic rings. The number of thiophene rings is 1. The lowest BCUT2D eigenvalue weighted by atomic mass is 9.94. The Morgan fingerprint density at radius 1 is 1.37 bits per heavy atom. The molecule has 5 heteroatoms. The van der Waals surface area contributed by atoms with E-state index in [0.29, 0.717) is 5.13 Å². The van der Waals surface area contributed by atoms with Crippen LogP contribution in [0.5, 0.6) is 0 Å². The first-order valence-corrected chi connectivity index (χ1v) is 8.04. The van der Waals surface area contributed by atoms with Gasteiger partial charge in [-0.2, -0.15) is 0 Å². The zero-order valence-electron chi connectivity index (χ0n) is 10.3. The van der Waals surface area contributed by atoms with Crippen LogP contribution in [-0.2, 0) is 4.79 Å². The van der Waals surface area contributed by atoms with E-state index in [2.05, 4.69) is 22.5 Å². The maximum absolute atomic E-state index is 12.1. The Bertz CT molecular complexity index is 586. The second-order valence-electron chi connectivity index (χ2n) is 4.49. The molecule has 19 heavy (non-hydrogen) atoms. The van der Waals surface area contributed by atoms with Crippen molar-refractivity contribution in [3.63, 3.8) is 0 Å². The van der Waals surface area contributed by atoms with Crippen molar-refractivity contribution in [3.8, 4) is 10.6 Å². The normalized spacial score (nSPS) is 18.4. The van der Waals surface area contributed by atoms with Gasteiger partial charge in [0.2, 0.25) is 5.91 Å². The SMILES string of the molecule is O=C(Nc1nc(-c2cccs2)cs1)[C@@H]1CC=CCC1. The van der Waals surface area contributed by atoms with E-state index in [1.54, 1.807) is 11.3 Å². The molecule has 0 saturated heterocycles. The third kappa shape index (κ3) is 2.93. The number of aromatic nitrogens is 1. The average Bonchev–Trinajstić information content (AvgIpc) is 3.10. The summed E-state index contributed by atoms with van der Waals surface area (Å²) >= 11 is 3.14. The molecule has 0 radical (unpaired) electrons. The van der Waals surface area contributed by atoms with Gasteiger partial charge in [-0.3, -0.25) is 4.79 Å². The largest absolute Gasteiger partial charge is 0.302 e. The Kier molecular flexibility index (Phi) is 3.75. The minimum absolute atomic E-state index is 0.0939. The van der Waals surface area contributed by atoms with Gasteiger partial charge in [0.15, 0.2) is 5.13 Å². The quantitative estimate of drug-likeness (QED) is 0.862. The molecule has 0 saturated carbocycles. The monoisotopic (exact) mass is 290 g/mol. The summed E-state index contributed by atoms with van der Waals surface area (Å²) in [5, 5.41) is 7.65. The third-order valence-electron chi connectivity index (χ3n) is 3.15. The minimum Gasteiger partial charge on any atom is -0.302 e. The summed E-state index contributed by atoms with van der Waals surface area (Å²) < 4.78 is 0. The summed E-state index contributed by atoms with van der Waals surface area (Å²) in [7, 11) is 0. The standard InChI is InChI=1S/C14H14N2OS2/c17-13(10-5-2-1-3-6-10)16-14-15-11(9-19-14)12-7-4-8-18-12/h1-2,4,7-10H,3,5-6H2,(H,15,16,17)/t10-/m1/s1. The Labute approximate surface area is 120 Å². The van der Waals surface area contributed by atoms with Crippen molar-refractivity contribution >= 4 is 33.7 Å². The minimum atomic E-state index is 0.0939. The Hall–Kier alpha value is -1.46. The van der Waals surface area contributed by atoms with Crippen molar-refractivity contribution in [1.82, 2.24) is 4.98 Å². The lowest BCUT2D eigenvalue weighted by Crippen LogP contribution is -2.23. The average molecular weight is 290 g/mol. The molecule has 0 unspecified atom stereocenters. The molecule has 1 aliphatic carbocycles. The van der Waals surface area contributed by atoms with Crippen LogP contribution in [0.2, 0.25) is 0 Å². The molecule has 0 aliphatic heterocycles. The number of allylic oxidation sites excluding steroid dienone is 2. The van der Waals surface area contributed by atoms with Crippen LogP contribution in [0.3, 0.4) is 0 Å². The lowest BCUT2D eigenvalue weighted by molar-refractivity contribution is -0.120. The molecule has 1 aliphatic rings. The predicted octanol–water partition coefficient (Wildman–Crippen LogP) is 4.17. The van der Waals surface area contributed by atoms with E-state index in [1.165, 1.54) is 11.3 Å². The molecule has 2 heterocycles. The number of carbonyl (C=O) groups excluding carboxylic acids is 1. The summed E-state index contributed by atoms with van der Waals surface area (Å²) in [5.74, 6) is 0.190. The Morgan fingerprint density at radius 3 is 3.05 bits per heavy atom. The van der Waals surface area contributed by atoms with Crippen molar-refractivity contribution in [3.05, 3.63) is 35.0 Å². The second kappa shape index (κ2) is 5.67. The zero-order valence-corrected chi connectivity index (χ0v) is 12.0. The highest BCUT2D eigenvalue weighted by Gasteiger charge is 2.19. The highest BCUT2D eigenvalue weighted by Crippen LogP contribution is 2.29. The van der Waals surface area contributed by atoms with Crippen molar-refractivity contribution in [2.24, 2.45) is 5.92 Å². The lowest BCUT2D eigenvalue weighted by Gasteiger charge is -2.15. The van der Waals surface area contributed by atoms with Gasteiger partial charge in [0.1, 0.15) is 0 Å². The van der Waals surface area contributed by atoms with Gasteiger partial charge >= 0.3 is 0 Å². The van der Waals surface area contributed by atoms with E-state index in [0.717, 1.165) is 29.8 Å². The van der Waals surface area contributed by atoms with Crippen LogP contribution in [-0.4, -0.2) is 10.9 Å². The van der Waals surface area contributed by atoms with Gasteiger partial charge in [0, 0.05) is 11.3 Å². The van der Waals surface area contributed by atoms with Gasteiger partial charge in [-0.05, 0) is 30.7 Å². The second-order valence-corrected chi connectivity index (χ2v) is 6.29. The van der Waals surface area contributed by atoms with Crippen molar-refractivity contribution < 1.29 is 4.79 Å². The van der Waals surface area contributed by atoms with E-state index >= 15 is 0 Å². The van der Waals surface area contributed by atoms with Gasteiger partial charge in [0.05, 0.1) is 10.6 Å². The number of hydrogen-bond acceptors (Lipinski definition) is 4. The zero-order chi connectivity index (χ0) is 13.1. The van der Waals surface area contributed by atoms with E-state index in [1.807, 2.05) is 22.9 Å². The van der Waals surface area contributed by atoms with E-state index in [9.17, 15) is 4.79 Å². The number of thiazole rings is 1. The number of amides is 1. The van der Waals surface area contributed by atoms with Gasteiger partial charge in [-0.1, -0.05) is 18.2 Å². The molecule has 3 nitrogen and oxygen atoms in total. The van der Waals surface area contributed by atoms with E-state index in [-0.39, 0.29) is 11.8 Å². The topological polar surface area (TPSA) is 42.0 Å². The summed E-state index contributed by atoms with van der Waals surface area (Å²) in [6.07, 6.45) is 7.01. The van der Waals surface area contributed by atoms with Gasteiger partial charge in [-0.25, -0.2) is 4.98 Å². The van der Waals surface area contributed by atoms with Crippen LogP contribution < -0.4 is 5.32 Å². The first kappa shape index (κ1) is 12.6. The highest BCUT2D eigenvalue weighted by molar-refractivity contribution is 7.16. The van der Waals surface area contributed by atoms with Crippen molar-refractivity contribution in [2.45, 2.75) is 19.3 Å². The number of rotatable bonds is 3. The summed E-state index contributed by atoms with van der Waals surface area (Å²) in [6, 6.07) is 4.04. The van der Waals surface area contributed by atoms with E-state index in [4.69, 9.17) is 0 Å². The fraction of sp³-hybridized carbons (Fsp3) is 0.286. The third-order valence-corrected chi connectivity index (χ3v) is 4.80. The predicted molar refractivity (Wildman–Crippen MR) is 80.5 cm³/mol. The summed E-state index contributed by atoms with van der Waals surface area (Å²) in [6.45, 7) is 0. The Balaban J connectivity index is 1.67. The molecule has 1 atom stereocenters. The molecule has 1 N–H and O–H groups in total. The molecule has 98 valence electrons. The van der Waals surface area contributed by atoms with Crippen LogP contribution in [0.4, 0.5) is 5.13 Å². The molecule has 0 spiro atoms. The number of carbonyl (C=O) groups is 1. The molecular weight excluding hydrogens is 276 g/mol. The first-order valence-electron chi connectivity index (χ1n) is 6.28. The fourth-order valence-corrected chi connectivity index (χ4v) is 3.58. The van der Waals surface area contributed by atoms with Gasteiger partial charge in [-0.15, -0.1) is 22.7 Å². The fourth-order valence-electron chi connectivity index (χ4n) is 2.11. The van der Waals surface area contributed by atoms with Crippen LogP contribution >= 0.6 is 22.7 Å². The number of anilines is 1. The Morgan fingerprint density at radius 2 is 2.32 bits per heavy atom. The van der Waals surface area contributed by atoms with Crippen LogP contribution in [0, 0.1) is 5.92 Å². The first-order chi connectivity index (χ1) is 9.33. The summed E-state index contributed by atoms with van der Waals surface area (Å²) in [4.78, 5) is 17.7. The van der Waals surface area contributed by atoms with Crippen LogP contribution in [0.15, 0.2) is 35.0 Å². The maximum Gasteiger partial charge on any atom is 0.229 e. The maximum atomic E-state index is 12.1. The molecular formula is C14H14N2OS2.